The van der Waals surface area contributed by atoms with Gasteiger partial charge in [-0.2, -0.15) is 13.2 Å². The summed E-state index contributed by atoms with van der Waals surface area (Å²) in [4.78, 5) is 15.6. The lowest BCUT2D eigenvalue weighted by Gasteiger charge is -2.22. The Morgan fingerprint density at radius 1 is 0.946 bits per heavy atom. The summed E-state index contributed by atoms with van der Waals surface area (Å²) in [6.45, 7) is 0.518. The largest absolute Gasteiger partial charge is 0.494 e. The molecule has 1 aliphatic rings. The maximum atomic E-state index is 14.7. The molecule has 1 saturated heterocycles. The fourth-order valence-electron chi connectivity index (χ4n) is 5.20. The number of ether oxygens (including phenoxy) is 2. The fraction of sp³-hybridized carbons (Fsp3) is 0.296. The zero-order valence-corrected chi connectivity index (χ0v) is 20.3. The molecule has 0 radical (unpaired) electrons. The van der Waals surface area contributed by atoms with Crippen LogP contribution in [0.1, 0.15) is 23.6 Å². The summed E-state index contributed by atoms with van der Waals surface area (Å²) < 4.78 is 69.6. The summed E-state index contributed by atoms with van der Waals surface area (Å²) in [6.07, 6.45) is -4.03. The number of methoxy groups -OCH3 is 2. The molecule has 5 rings (SSSR count). The SMILES string of the molecule is COc1cccc(F)c1N1CCC(n2c(=O)n(Cc3ccccc3C(F)(F)F)c3c(OC)cccc32)C1. The third-order valence-electron chi connectivity index (χ3n) is 6.83. The number of anilines is 1. The van der Waals surface area contributed by atoms with Gasteiger partial charge in [0, 0.05) is 13.1 Å². The van der Waals surface area contributed by atoms with Crippen LogP contribution < -0.4 is 20.1 Å². The average molecular weight is 516 g/mol. The molecule has 0 spiro atoms. The van der Waals surface area contributed by atoms with Crippen LogP contribution in [0, 0.1) is 5.82 Å². The smallest absolute Gasteiger partial charge is 0.416 e. The van der Waals surface area contributed by atoms with Gasteiger partial charge < -0.3 is 14.4 Å². The van der Waals surface area contributed by atoms with Crippen molar-refractivity contribution in [2.75, 3.05) is 32.2 Å². The van der Waals surface area contributed by atoms with Crippen LogP contribution in [0.2, 0.25) is 0 Å². The Morgan fingerprint density at radius 3 is 2.38 bits per heavy atom. The second-order valence-electron chi connectivity index (χ2n) is 8.90. The minimum absolute atomic E-state index is 0.0220. The molecule has 1 unspecified atom stereocenters. The molecule has 0 bridgehead atoms. The quantitative estimate of drug-likeness (QED) is 0.319. The van der Waals surface area contributed by atoms with Crippen molar-refractivity contribution >= 4 is 16.7 Å². The van der Waals surface area contributed by atoms with Gasteiger partial charge in [-0.25, -0.2) is 9.18 Å². The number of fused-ring (bicyclic) bond motifs is 1. The Bertz CT molecular complexity index is 1510. The maximum absolute atomic E-state index is 14.7. The lowest BCUT2D eigenvalue weighted by atomic mass is 10.1. The van der Waals surface area contributed by atoms with E-state index in [-0.39, 0.29) is 18.2 Å². The van der Waals surface area contributed by atoms with E-state index < -0.39 is 23.2 Å². The molecule has 37 heavy (non-hydrogen) atoms. The van der Waals surface area contributed by atoms with E-state index in [0.29, 0.717) is 47.7 Å². The Kier molecular flexibility index (Phi) is 6.35. The predicted molar refractivity (Wildman–Crippen MR) is 132 cm³/mol. The molecule has 194 valence electrons. The molecule has 0 aliphatic carbocycles. The Labute approximate surface area is 210 Å². The van der Waals surface area contributed by atoms with Gasteiger partial charge in [0.2, 0.25) is 0 Å². The van der Waals surface area contributed by atoms with Gasteiger partial charge in [0.15, 0.2) is 0 Å². The summed E-state index contributed by atoms with van der Waals surface area (Å²) in [6, 6.07) is 14.6. The first kappa shape index (κ1) is 24.7. The zero-order valence-electron chi connectivity index (χ0n) is 20.3. The van der Waals surface area contributed by atoms with Gasteiger partial charge in [-0.05, 0) is 42.3 Å². The second-order valence-corrected chi connectivity index (χ2v) is 8.90. The van der Waals surface area contributed by atoms with Crippen LogP contribution in [0.5, 0.6) is 11.5 Å². The molecule has 1 aliphatic heterocycles. The molecule has 3 aromatic carbocycles. The van der Waals surface area contributed by atoms with E-state index in [2.05, 4.69) is 0 Å². The van der Waals surface area contributed by atoms with Crippen LogP contribution in [-0.2, 0) is 12.7 Å². The van der Waals surface area contributed by atoms with E-state index in [1.54, 1.807) is 34.9 Å². The van der Waals surface area contributed by atoms with Gasteiger partial charge in [-0.3, -0.25) is 9.13 Å². The lowest BCUT2D eigenvalue weighted by Crippen LogP contribution is -2.30. The van der Waals surface area contributed by atoms with Crippen LogP contribution in [0.4, 0.5) is 23.2 Å². The molecule has 1 aromatic heterocycles. The molecule has 2 heterocycles. The van der Waals surface area contributed by atoms with Crippen LogP contribution in [0.25, 0.3) is 11.0 Å². The van der Waals surface area contributed by atoms with E-state index in [4.69, 9.17) is 9.47 Å². The van der Waals surface area contributed by atoms with Gasteiger partial charge in [-0.1, -0.05) is 30.3 Å². The third kappa shape index (κ3) is 4.30. The van der Waals surface area contributed by atoms with Crippen molar-refractivity contribution in [3.05, 3.63) is 88.1 Å². The number of nitrogens with zero attached hydrogens (tertiary/aromatic N) is 3. The van der Waals surface area contributed by atoms with E-state index in [1.165, 1.54) is 43.1 Å². The number of hydrogen-bond acceptors (Lipinski definition) is 4. The number of benzene rings is 3. The van der Waals surface area contributed by atoms with Crippen molar-refractivity contribution in [2.24, 2.45) is 0 Å². The van der Waals surface area contributed by atoms with Crippen LogP contribution in [-0.4, -0.2) is 36.4 Å². The number of alkyl halides is 3. The van der Waals surface area contributed by atoms with Gasteiger partial charge in [0.25, 0.3) is 0 Å². The Balaban J connectivity index is 1.61. The van der Waals surface area contributed by atoms with Crippen LogP contribution in [0.3, 0.4) is 0 Å². The van der Waals surface area contributed by atoms with Crippen molar-refractivity contribution in [1.29, 1.82) is 0 Å². The number of para-hydroxylation sites is 2. The zero-order chi connectivity index (χ0) is 26.3. The molecule has 0 N–H and O–H groups in total. The number of halogens is 4. The van der Waals surface area contributed by atoms with Gasteiger partial charge in [-0.15, -0.1) is 0 Å². The molecular formula is C27H25F4N3O3. The van der Waals surface area contributed by atoms with Gasteiger partial charge in [0.05, 0.1) is 37.9 Å². The summed E-state index contributed by atoms with van der Waals surface area (Å²) in [5.41, 5.74) is 0.00229. The first-order chi connectivity index (χ1) is 17.7. The monoisotopic (exact) mass is 515 g/mol. The Morgan fingerprint density at radius 2 is 1.65 bits per heavy atom. The fourth-order valence-corrected chi connectivity index (χ4v) is 5.20. The first-order valence-electron chi connectivity index (χ1n) is 11.7. The topological polar surface area (TPSA) is 48.6 Å². The Hall–Kier alpha value is -3.95. The average Bonchev–Trinajstić information content (AvgIpc) is 3.45. The number of hydrogen-bond donors (Lipinski definition) is 0. The highest BCUT2D eigenvalue weighted by molar-refractivity contribution is 5.83. The molecular weight excluding hydrogens is 490 g/mol. The van der Waals surface area contributed by atoms with Crippen molar-refractivity contribution < 1.29 is 27.0 Å². The minimum atomic E-state index is -4.56. The molecule has 0 amide bonds. The van der Waals surface area contributed by atoms with Gasteiger partial charge >= 0.3 is 11.9 Å². The standard InChI is InChI=1S/C27H25F4N3O3/c1-36-22-11-5-9-20(28)24(22)32-14-13-18(16-32)34-21-10-6-12-23(37-2)25(21)33(26(34)35)15-17-7-3-4-8-19(17)27(29,30)31/h3-12,18H,13-16H2,1-2H3. The van der Waals surface area contributed by atoms with Crippen LogP contribution >= 0.6 is 0 Å². The lowest BCUT2D eigenvalue weighted by molar-refractivity contribution is -0.138. The number of imidazole rings is 1. The predicted octanol–water partition coefficient (Wildman–Crippen LogP) is 5.48. The molecule has 1 atom stereocenters. The van der Waals surface area contributed by atoms with Crippen molar-refractivity contribution in [3.63, 3.8) is 0 Å². The van der Waals surface area contributed by atoms with Crippen molar-refractivity contribution in [3.8, 4) is 11.5 Å². The summed E-state index contributed by atoms with van der Waals surface area (Å²) in [5.74, 6) is 0.338. The van der Waals surface area contributed by atoms with Crippen LogP contribution in [0.15, 0.2) is 65.5 Å². The van der Waals surface area contributed by atoms with E-state index in [1.807, 2.05) is 4.90 Å². The molecule has 0 saturated carbocycles. The number of rotatable bonds is 6. The second kappa shape index (κ2) is 9.49. The summed E-state index contributed by atoms with van der Waals surface area (Å²) in [5, 5.41) is 0. The minimum Gasteiger partial charge on any atom is -0.494 e. The molecule has 6 nitrogen and oxygen atoms in total. The maximum Gasteiger partial charge on any atom is 0.416 e. The van der Waals surface area contributed by atoms with E-state index >= 15 is 0 Å². The number of aromatic nitrogens is 2. The molecule has 4 aromatic rings. The highest BCUT2D eigenvalue weighted by Gasteiger charge is 2.35. The molecule has 10 heteroatoms. The highest BCUT2D eigenvalue weighted by Crippen LogP contribution is 2.38. The van der Waals surface area contributed by atoms with E-state index in [9.17, 15) is 22.4 Å². The third-order valence-corrected chi connectivity index (χ3v) is 6.83. The first-order valence-corrected chi connectivity index (χ1v) is 11.7. The van der Waals surface area contributed by atoms with E-state index in [0.717, 1.165) is 6.07 Å². The highest BCUT2D eigenvalue weighted by atomic mass is 19.4. The normalized spacial score (nSPS) is 15.9. The van der Waals surface area contributed by atoms with Crippen molar-refractivity contribution in [2.45, 2.75) is 25.2 Å². The van der Waals surface area contributed by atoms with Crippen molar-refractivity contribution in [1.82, 2.24) is 9.13 Å². The summed E-state index contributed by atoms with van der Waals surface area (Å²) >= 11 is 0. The van der Waals surface area contributed by atoms with Gasteiger partial charge in [0.1, 0.15) is 28.5 Å². The summed E-state index contributed by atoms with van der Waals surface area (Å²) in [7, 11) is 2.92. The molecule has 1 fully saturated rings.